The van der Waals surface area contributed by atoms with Crippen molar-refractivity contribution in [3.05, 3.63) is 12.2 Å². The average molecular weight is 540 g/mol. The molecule has 0 saturated heterocycles. The van der Waals surface area contributed by atoms with E-state index in [4.69, 9.17) is 0 Å². The molecule has 5 heteroatoms. The lowest BCUT2D eigenvalue weighted by molar-refractivity contribution is -0.125. The van der Waals surface area contributed by atoms with Crippen LogP contribution in [0, 0.1) is 0 Å². The SMILES string of the molecule is CCCCC/C=C\CCCCCC(O)CC(=O)NC(CO)C(O)CCCCCCCCCCCCCCC. The highest BCUT2D eigenvalue weighted by Crippen LogP contribution is 2.15. The van der Waals surface area contributed by atoms with Gasteiger partial charge in [0, 0.05) is 0 Å². The molecule has 1 amide bonds. The van der Waals surface area contributed by atoms with Crippen LogP contribution in [0.4, 0.5) is 0 Å². The van der Waals surface area contributed by atoms with Crippen LogP contribution < -0.4 is 5.32 Å². The highest BCUT2D eigenvalue weighted by atomic mass is 16.3. The summed E-state index contributed by atoms with van der Waals surface area (Å²) in [6.07, 6.45) is 30.1. The Kier molecular flexibility index (Phi) is 28.4. The second kappa shape index (κ2) is 29.1. The molecule has 0 radical (unpaired) electrons. The van der Waals surface area contributed by atoms with Crippen molar-refractivity contribution in [3.63, 3.8) is 0 Å². The lowest BCUT2D eigenvalue weighted by Gasteiger charge is -2.23. The van der Waals surface area contributed by atoms with Crippen molar-refractivity contribution < 1.29 is 20.1 Å². The molecule has 0 rings (SSSR count). The van der Waals surface area contributed by atoms with Gasteiger partial charge in [0.05, 0.1) is 31.3 Å². The maximum Gasteiger partial charge on any atom is 0.222 e. The predicted molar refractivity (Wildman–Crippen MR) is 162 cm³/mol. The van der Waals surface area contributed by atoms with Crippen molar-refractivity contribution in [1.29, 1.82) is 0 Å². The Hall–Kier alpha value is -0.910. The topological polar surface area (TPSA) is 89.8 Å². The second-order valence-electron chi connectivity index (χ2n) is 11.4. The smallest absolute Gasteiger partial charge is 0.222 e. The number of rotatable bonds is 29. The van der Waals surface area contributed by atoms with Crippen LogP contribution in [-0.2, 0) is 4.79 Å². The molecule has 0 aliphatic rings. The molecule has 0 aliphatic carbocycles. The first-order valence-electron chi connectivity index (χ1n) is 16.5. The zero-order valence-electron chi connectivity index (χ0n) is 25.3. The van der Waals surface area contributed by atoms with Gasteiger partial charge < -0.3 is 20.6 Å². The molecule has 38 heavy (non-hydrogen) atoms. The van der Waals surface area contributed by atoms with Crippen LogP contribution in [0.25, 0.3) is 0 Å². The van der Waals surface area contributed by atoms with E-state index in [9.17, 15) is 20.1 Å². The number of amides is 1. The molecule has 0 heterocycles. The third kappa shape index (κ3) is 25.4. The number of hydrogen-bond acceptors (Lipinski definition) is 4. The van der Waals surface area contributed by atoms with Gasteiger partial charge in [0.1, 0.15) is 0 Å². The van der Waals surface area contributed by atoms with Gasteiger partial charge in [-0.3, -0.25) is 4.79 Å². The molecule has 0 saturated carbocycles. The van der Waals surface area contributed by atoms with Crippen molar-refractivity contribution in [2.45, 2.75) is 186 Å². The zero-order valence-corrected chi connectivity index (χ0v) is 25.3. The Morgan fingerprint density at radius 1 is 0.632 bits per heavy atom. The molecular weight excluding hydrogens is 474 g/mol. The van der Waals surface area contributed by atoms with Gasteiger partial charge in [0.2, 0.25) is 5.91 Å². The Balaban J connectivity index is 3.74. The number of nitrogens with one attached hydrogen (secondary N) is 1. The molecular formula is C33H65NO4. The molecule has 0 spiro atoms. The predicted octanol–water partition coefficient (Wildman–Crippen LogP) is 8.14. The van der Waals surface area contributed by atoms with E-state index < -0.39 is 18.2 Å². The number of allylic oxidation sites excluding steroid dienone is 2. The van der Waals surface area contributed by atoms with Crippen molar-refractivity contribution in [2.24, 2.45) is 0 Å². The molecule has 0 aromatic carbocycles. The molecule has 226 valence electrons. The summed E-state index contributed by atoms with van der Waals surface area (Å²) in [6, 6.07) is -0.656. The van der Waals surface area contributed by atoms with Crippen LogP contribution in [0.5, 0.6) is 0 Å². The zero-order chi connectivity index (χ0) is 28.1. The van der Waals surface area contributed by atoms with Crippen molar-refractivity contribution in [1.82, 2.24) is 5.32 Å². The number of hydrogen-bond donors (Lipinski definition) is 4. The quantitative estimate of drug-likeness (QED) is 0.0570. The van der Waals surface area contributed by atoms with Crippen LogP contribution in [0.15, 0.2) is 12.2 Å². The van der Waals surface area contributed by atoms with E-state index in [1.165, 1.54) is 96.3 Å². The van der Waals surface area contributed by atoms with E-state index in [0.29, 0.717) is 12.8 Å². The molecule has 3 unspecified atom stereocenters. The van der Waals surface area contributed by atoms with E-state index in [1.54, 1.807) is 0 Å². The van der Waals surface area contributed by atoms with Gasteiger partial charge >= 0.3 is 0 Å². The van der Waals surface area contributed by atoms with Gasteiger partial charge in [-0.05, 0) is 38.5 Å². The summed E-state index contributed by atoms with van der Waals surface area (Å²) in [6.45, 7) is 4.20. The first-order chi connectivity index (χ1) is 18.5. The Labute approximate surface area is 236 Å². The monoisotopic (exact) mass is 539 g/mol. The van der Waals surface area contributed by atoms with E-state index in [-0.39, 0.29) is 18.9 Å². The minimum Gasteiger partial charge on any atom is -0.394 e. The maximum atomic E-state index is 12.3. The van der Waals surface area contributed by atoms with Gasteiger partial charge in [-0.25, -0.2) is 0 Å². The summed E-state index contributed by atoms with van der Waals surface area (Å²) < 4.78 is 0. The fourth-order valence-corrected chi connectivity index (χ4v) is 4.98. The van der Waals surface area contributed by atoms with Gasteiger partial charge in [-0.1, -0.05) is 135 Å². The Morgan fingerprint density at radius 3 is 1.58 bits per heavy atom. The van der Waals surface area contributed by atoms with Crippen LogP contribution in [-0.4, -0.2) is 46.1 Å². The summed E-state index contributed by atoms with van der Waals surface area (Å²) in [7, 11) is 0. The Morgan fingerprint density at radius 2 is 1.05 bits per heavy atom. The van der Waals surface area contributed by atoms with Crippen LogP contribution in [0.2, 0.25) is 0 Å². The summed E-state index contributed by atoms with van der Waals surface area (Å²) in [4.78, 5) is 12.3. The van der Waals surface area contributed by atoms with Crippen LogP contribution in [0.1, 0.15) is 168 Å². The number of unbranched alkanes of at least 4 members (excludes halogenated alkanes) is 18. The van der Waals surface area contributed by atoms with E-state index >= 15 is 0 Å². The maximum absolute atomic E-state index is 12.3. The van der Waals surface area contributed by atoms with E-state index in [0.717, 1.165) is 38.5 Å². The molecule has 4 N–H and O–H groups in total. The summed E-state index contributed by atoms with van der Waals surface area (Å²) in [5.41, 5.74) is 0. The molecule has 0 aromatic heterocycles. The number of aliphatic hydroxyl groups is 3. The highest BCUT2D eigenvalue weighted by Gasteiger charge is 2.21. The highest BCUT2D eigenvalue weighted by molar-refractivity contribution is 5.76. The van der Waals surface area contributed by atoms with Crippen molar-refractivity contribution in [2.75, 3.05) is 6.61 Å². The molecule has 3 atom stereocenters. The van der Waals surface area contributed by atoms with E-state index in [1.807, 2.05) is 0 Å². The molecule has 0 aromatic rings. The summed E-state index contributed by atoms with van der Waals surface area (Å²) in [5.74, 6) is -0.295. The number of carbonyl (C=O) groups excluding carboxylic acids is 1. The lowest BCUT2D eigenvalue weighted by Crippen LogP contribution is -2.46. The molecule has 0 fully saturated rings. The third-order valence-electron chi connectivity index (χ3n) is 7.58. The minimum atomic E-state index is -0.746. The lowest BCUT2D eigenvalue weighted by atomic mass is 10.0. The van der Waals surface area contributed by atoms with Gasteiger partial charge in [0.25, 0.3) is 0 Å². The number of carbonyl (C=O) groups is 1. The largest absolute Gasteiger partial charge is 0.394 e. The van der Waals surface area contributed by atoms with Crippen molar-refractivity contribution >= 4 is 5.91 Å². The molecule has 5 nitrogen and oxygen atoms in total. The summed E-state index contributed by atoms with van der Waals surface area (Å²) in [5, 5.41) is 33.0. The van der Waals surface area contributed by atoms with E-state index in [2.05, 4.69) is 31.3 Å². The second-order valence-corrected chi connectivity index (χ2v) is 11.4. The molecule has 0 bridgehead atoms. The fourth-order valence-electron chi connectivity index (χ4n) is 4.98. The van der Waals surface area contributed by atoms with Crippen LogP contribution >= 0.6 is 0 Å². The summed E-state index contributed by atoms with van der Waals surface area (Å²) >= 11 is 0. The Bertz CT molecular complexity index is 525. The first-order valence-corrected chi connectivity index (χ1v) is 16.5. The van der Waals surface area contributed by atoms with Crippen molar-refractivity contribution in [3.8, 4) is 0 Å². The fraction of sp³-hybridized carbons (Fsp3) is 0.909. The first kappa shape index (κ1) is 37.1. The number of aliphatic hydroxyl groups excluding tert-OH is 3. The average Bonchev–Trinajstić information content (AvgIpc) is 2.90. The van der Waals surface area contributed by atoms with Gasteiger partial charge in [0.15, 0.2) is 0 Å². The van der Waals surface area contributed by atoms with Gasteiger partial charge in [-0.15, -0.1) is 0 Å². The third-order valence-corrected chi connectivity index (χ3v) is 7.58. The minimum absolute atomic E-state index is 0.0271. The normalized spacial score (nSPS) is 14.1. The standard InChI is InChI=1S/C33H65NO4/c1-3-5-7-9-11-13-15-16-17-19-21-23-25-27-32(37)31(29-35)34-33(38)28-30(36)26-24-22-20-18-14-12-10-8-6-4-2/h12,14,30-32,35-37H,3-11,13,15-29H2,1-2H3,(H,34,38)/b14-12-. The van der Waals surface area contributed by atoms with Crippen LogP contribution in [0.3, 0.4) is 0 Å². The van der Waals surface area contributed by atoms with Gasteiger partial charge in [-0.2, -0.15) is 0 Å². The molecule has 0 aliphatic heterocycles.